The van der Waals surface area contributed by atoms with E-state index in [1.54, 1.807) is 6.07 Å². The van der Waals surface area contributed by atoms with Gasteiger partial charge in [0.2, 0.25) is 0 Å². The molecule has 0 saturated carbocycles. The summed E-state index contributed by atoms with van der Waals surface area (Å²) in [5.74, 6) is 0. The average molecular weight is 413 g/mol. The summed E-state index contributed by atoms with van der Waals surface area (Å²) in [6.07, 6.45) is 6.71. The van der Waals surface area contributed by atoms with E-state index in [1.807, 2.05) is 31.3 Å². The Labute approximate surface area is 172 Å². The molecule has 1 aromatic heterocycles. The van der Waals surface area contributed by atoms with E-state index in [1.165, 1.54) is 23.0 Å². The maximum Gasteiger partial charge on any atom is 0.175 e. The number of thiocarbonyl (C=S) groups is 1. The van der Waals surface area contributed by atoms with Crippen molar-refractivity contribution in [3.8, 4) is 0 Å². The highest BCUT2D eigenvalue weighted by Gasteiger charge is 2.25. The normalized spacial score (nSPS) is 17.0. The number of likely N-dealkylation sites (tertiary alicyclic amines) is 1. The molecule has 1 saturated heterocycles. The lowest BCUT2D eigenvalue weighted by atomic mass is 9.88. The second-order valence-electron chi connectivity index (χ2n) is 7.59. The molecule has 0 spiro atoms. The van der Waals surface area contributed by atoms with Gasteiger partial charge in [-0.25, -0.2) is 8.42 Å². The molecule has 2 heterocycles. The number of aromatic nitrogens is 1. The zero-order valence-corrected chi connectivity index (χ0v) is 17.9. The lowest BCUT2D eigenvalue weighted by Gasteiger charge is -2.31. The fourth-order valence-electron chi connectivity index (χ4n) is 4.21. The van der Waals surface area contributed by atoms with E-state index in [-0.39, 0.29) is 0 Å². The topological polar surface area (TPSA) is 50.3 Å². The number of pyridine rings is 1. The number of rotatable bonds is 1. The van der Waals surface area contributed by atoms with Gasteiger partial charge in [0, 0.05) is 31.1 Å². The molecule has 2 aliphatic rings. The number of sulfone groups is 1. The van der Waals surface area contributed by atoms with Crippen LogP contribution >= 0.6 is 12.2 Å². The zero-order chi connectivity index (χ0) is 19.9. The van der Waals surface area contributed by atoms with Crippen LogP contribution in [0.3, 0.4) is 0 Å². The Kier molecular flexibility index (Phi) is 5.10. The summed E-state index contributed by atoms with van der Waals surface area (Å²) in [4.78, 5) is 8.33. The first-order chi connectivity index (χ1) is 13.3. The zero-order valence-electron chi connectivity index (χ0n) is 16.2. The van der Waals surface area contributed by atoms with Gasteiger partial charge in [-0.1, -0.05) is 29.9 Å². The van der Waals surface area contributed by atoms with E-state index < -0.39 is 9.84 Å². The first-order valence-corrected chi connectivity index (χ1v) is 11.9. The predicted octanol–water partition coefficient (Wildman–Crippen LogP) is 3.83. The van der Waals surface area contributed by atoms with Crippen molar-refractivity contribution < 1.29 is 8.42 Å². The highest BCUT2D eigenvalue weighted by molar-refractivity contribution is 7.90. The minimum absolute atomic E-state index is 0.390. The largest absolute Gasteiger partial charge is 0.366 e. The van der Waals surface area contributed by atoms with E-state index in [0.29, 0.717) is 4.90 Å². The molecule has 1 aliphatic heterocycles. The molecule has 28 heavy (non-hydrogen) atoms. The Bertz CT molecular complexity index is 1080. The van der Waals surface area contributed by atoms with Crippen molar-refractivity contribution in [2.24, 2.45) is 0 Å². The summed E-state index contributed by atoms with van der Waals surface area (Å²) < 4.78 is 24.1. The highest BCUT2D eigenvalue weighted by atomic mass is 32.2. The van der Waals surface area contributed by atoms with E-state index >= 15 is 0 Å². The Morgan fingerprint density at radius 2 is 1.79 bits per heavy atom. The molecule has 1 fully saturated rings. The first-order valence-electron chi connectivity index (χ1n) is 9.60. The van der Waals surface area contributed by atoms with Gasteiger partial charge in [-0.05, 0) is 67.5 Å². The van der Waals surface area contributed by atoms with E-state index in [2.05, 4.69) is 11.0 Å². The van der Waals surface area contributed by atoms with Gasteiger partial charge in [-0.3, -0.25) is 4.98 Å². The second-order valence-corrected chi connectivity index (χ2v) is 10.2. The molecule has 6 heteroatoms. The molecule has 2 aromatic rings. The van der Waals surface area contributed by atoms with Crippen LogP contribution in [-0.4, -0.2) is 42.6 Å². The molecule has 0 radical (unpaired) electrons. The quantitative estimate of drug-likeness (QED) is 0.667. The summed E-state index contributed by atoms with van der Waals surface area (Å²) >= 11 is 5.35. The Morgan fingerprint density at radius 3 is 2.46 bits per heavy atom. The van der Waals surface area contributed by atoms with Crippen LogP contribution < -0.4 is 0 Å². The Morgan fingerprint density at radius 1 is 1.07 bits per heavy atom. The summed E-state index contributed by atoms with van der Waals surface area (Å²) in [6, 6.07) is 9.70. The monoisotopic (exact) mass is 412 g/mol. The summed E-state index contributed by atoms with van der Waals surface area (Å²) in [5, 5.41) is 0. The minimum atomic E-state index is -3.23. The van der Waals surface area contributed by atoms with Crippen molar-refractivity contribution in [3.05, 3.63) is 64.5 Å². The average Bonchev–Trinajstić information content (AvgIpc) is 2.83. The molecule has 0 bridgehead atoms. The van der Waals surface area contributed by atoms with Crippen molar-refractivity contribution >= 4 is 32.6 Å². The minimum Gasteiger partial charge on any atom is -0.366 e. The first kappa shape index (κ1) is 19.3. The number of nitrogens with zero attached hydrogens (tertiary/aromatic N) is 2. The van der Waals surface area contributed by atoms with Gasteiger partial charge in [0.25, 0.3) is 0 Å². The maximum atomic E-state index is 12.1. The molecule has 146 valence electrons. The fourth-order valence-corrected chi connectivity index (χ4v) is 5.07. The van der Waals surface area contributed by atoms with Gasteiger partial charge in [0.05, 0.1) is 15.6 Å². The van der Waals surface area contributed by atoms with Crippen LogP contribution in [-0.2, 0) is 22.7 Å². The van der Waals surface area contributed by atoms with Gasteiger partial charge in [0.15, 0.2) is 9.84 Å². The molecular formula is C22H24N2O2S2. The summed E-state index contributed by atoms with van der Waals surface area (Å²) in [6.45, 7) is 3.83. The van der Waals surface area contributed by atoms with E-state index in [4.69, 9.17) is 17.2 Å². The second kappa shape index (κ2) is 7.41. The highest BCUT2D eigenvalue weighted by Crippen LogP contribution is 2.38. The van der Waals surface area contributed by atoms with Crippen LogP contribution in [0.2, 0.25) is 0 Å². The fraction of sp³-hybridized carbons (Fsp3) is 0.364. The van der Waals surface area contributed by atoms with Crippen molar-refractivity contribution in [1.82, 2.24) is 9.88 Å². The molecular weight excluding hydrogens is 388 g/mol. The molecule has 0 atom stereocenters. The molecule has 4 nitrogen and oxygen atoms in total. The molecule has 0 unspecified atom stereocenters. The third-order valence-corrected chi connectivity index (χ3v) is 7.10. The molecule has 4 rings (SSSR count). The number of benzene rings is 1. The number of fused-ring (bicyclic) bond motifs is 2. The van der Waals surface area contributed by atoms with Crippen molar-refractivity contribution in [2.45, 2.75) is 37.5 Å². The van der Waals surface area contributed by atoms with Crippen molar-refractivity contribution in [3.63, 3.8) is 0 Å². The standard InChI is InChI=1S/C22H24N2O2S2/c1-15(27)24-12-9-16(10-13-24)21-20-8-7-19(28(2,25)26)14-18(20)6-5-17-4-3-11-23-22(17)21/h3-4,7-8,11,14H,5-6,9-10,12-13H2,1-2H3. The van der Waals surface area contributed by atoms with Gasteiger partial charge >= 0.3 is 0 Å². The predicted molar refractivity (Wildman–Crippen MR) is 116 cm³/mol. The van der Waals surface area contributed by atoms with E-state index in [9.17, 15) is 8.42 Å². The lowest BCUT2D eigenvalue weighted by molar-refractivity contribution is 0.393. The third kappa shape index (κ3) is 3.63. The third-order valence-electron chi connectivity index (χ3n) is 5.73. The summed E-state index contributed by atoms with van der Waals surface area (Å²) in [7, 11) is -3.23. The molecule has 0 N–H and O–H groups in total. The van der Waals surface area contributed by atoms with Crippen molar-refractivity contribution in [1.29, 1.82) is 0 Å². The Balaban J connectivity index is 1.88. The Hall–Kier alpha value is -2.05. The number of hydrogen-bond acceptors (Lipinski definition) is 4. The van der Waals surface area contributed by atoms with Crippen LogP contribution in [0.4, 0.5) is 0 Å². The van der Waals surface area contributed by atoms with Gasteiger partial charge in [-0.2, -0.15) is 0 Å². The van der Waals surface area contributed by atoms with Gasteiger partial charge < -0.3 is 4.90 Å². The van der Waals surface area contributed by atoms with Gasteiger partial charge in [0.1, 0.15) is 0 Å². The van der Waals surface area contributed by atoms with Crippen LogP contribution in [0.1, 0.15) is 42.1 Å². The van der Waals surface area contributed by atoms with Crippen LogP contribution in [0.5, 0.6) is 0 Å². The maximum absolute atomic E-state index is 12.1. The SMILES string of the molecule is CC(=S)N1CCC(=C2c3ccc(S(C)(=O)=O)cc3CCc3cccnc32)CC1. The molecule has 1 aliphatic carbocycles. The smallest absolute Gasteiger partial charge is 0.175 e. The number of piperidine rings is 1. The van der Waals surface area contributed by atoms with E-state index in [0.717, 1.165) is 60.6 Å². The summed E-state index contributed by atoms with van der Waals surface area (Å²) in [5.41, 5.74) is 7.10. The van der Waals surface area contributed by atoms with Gasteiger partial charge in [-0.15, -0.1) is 0 Å². The van der Waals surface area contributed by atoms with Crippen LogP contribution in [0, 0.1) is 0 Å². The molecule has 1 aromatic carbocycles. The number of aryl methyl sites for hydroxylation is 2. The van der Waals surface area contributed by atoms with Crippen LogP contribution in [0.15, 0.2) is 47.0 Å². The lowest BCUT2D eigenvalue weighted by Crippen LogP contribution is -2.33. The van der Waals surface area contributed by atoms with Crippen molar-refractivity contribution in [2.75, 3.05) is 19.3 Å². The molecule has 0 amide bonds. The number of hydrogen-bond donors (Lipinski definition) is 0. The van der Waals surface area contributed by atoms with Crippen LogP contribution in [0.25, 0.3) is 5.57 Å².